The van der Waals surface area contributed by atoms with E-state index in [-0.39, 0.29) is 30.0 Å². The lowest BCUT2D eigenvalue weighted by Gasteiger charge is -2.44. The van der Waals surface area contributed by atoms with Crippen LogP contribution >= 0.6 is 0 Å². The number of piperidine rings is 2. The van der Waals surface area contributed by atoms with Gasteiger partial charge in [0.2, 0.25) is 17.7 Å². The van der Waals surface area contributed by atoms with E-state index in [1.165, 1.54) is 0 Å². The molecule has 9 nitrogen and oxygen atoms in total. The minimum absolute atomic E-state index is 0.119. The summed E-state index contributed by atoms with van der Waals surface area (Å²) in [5.41, 5.74) is 6.21. The van der Waals surface area contributed by atoms with Crippen LogP contribution < -0.4 is 16.4 Å². The number of ketones is 1. The second-order valence-electron chi connectivity index (χ2n) is 15.0. The highest BCUT2D eigenvalue weighted by Gasteiger charge is 2.45. The second-order valence-corrected chi connectivity index (χ2v) is 15.0. The number of carbonyl (C=O) groups excluding carboxylic acids is 4. The maximum Gasteiger partial charge on any atom is 0.245 e. The van der Waals surface area contributed by atoms with Crippen molar-refractivity contribution in [1.29, 1.82) is 0 Å². The third-order valence-corrected chi connectivity index (χ3v) is 11.1. The summed E-state index contributed by atoms with van der Waals surface area (Å²) >= 11 is 0. The lowest BCUT2D eigenvalue weighted by atomic mass is 9.71. The lowest BCUT2D eigenvalue weighted by Crippen LogP contribution is -2.59. The van der Waals surface area contributed by atoms with Crippen molar-refractivity contribution in [3.63, 3.8) is 0 Å². The van der Waals surface area contributed by atoms with Gasteiger partial charge in [0, 0.05) is 44.4 Å². The first-order chi connectivity index (χ1) is 24.7. The molecule has 3 amide bonds. The summed E-state index contributed by atoms with van der Waals surface area (Å²) < 4.78 is 0. The molecule has 51 heavy (non-hydrogen) atoms. The van der Waals surface area contributed by atoms with Gasteiger partial charge in [0.1, 0.15) is 6.04 Å². The fourth-order valence-corrected chi connectivity index (χ4v) is 7.79. The Balaban J connectivity index is 1.35. The molecule has 0 bridgehead atoms. The summed E-state index contributed by atoms with van der Waals surface area (Å²) in [7, 11) is 0. The number of Topliss-reactive ketones (excluding diaryl/α,β-unsaturated/α-hetero) is 1. The molecule has 0 aromatic heterocycles. The molecular weight excluding hydrogens is 638 g/mol. The fourth-order valence-electron chi connectivity index (χ4n) is 7.79. The number of amides is 3. The van der Waals surface area contributed by atoms with Crippen LogP contribution in [0.25, 0.3) is 10.8 Å². The van der Waals surface area contributed by atoms with Gasteiger partial charge in [-0.25, -0.2) is 0 Å². The molecule has 0 radical (unpaired) electrons. The number of benzene rings is 3. The molecule has 0 aliphatic carbocycles. The van der Waals surface area contributed by atoms with E-state index in [4.69, 9.17) is 5.73 Å². The van der Waals surface area contributed by atoms with Crippen LogP contribution in [0.15, 0.2) is 72.8 Å². The second kappa shape index (κ2) is 17.9. The predicted octanol–water partition coefficient (Wildman–Crippen LogP) is 5.05. The molecule has 5 rings (SSSR count). The summed E-state index contributed by atoms with van der Waals surface area (Å²) in [6.45, 7) is 7.41. The molecule has 3 aromatic rings. The van der Waals surface area contributed by atoms with Crippen molar-refractivity contribution in [1.82, 2.24) is 20.4 Å². The summed E-state index contributed by atoms with van der Waals surface area (Å²) in [5, 5.41) is 8.62. The van der Waals surface area contributed by atoms with Crippen LogP contribution in [-0.4, -0.2) is 85.2 Å². The smallest absolute Gasteiger partial charge is 0.245 e. The van der Waals surface area contributed by atoms with Gasteiger partial charge < -0.3 is 26.2 Å². The number of hydrogen-bond acceptors (Lipinski definition) is 6. The number of unbranched alkanes of at least 4 members (excludes halogenated alkanes) is 2. The molecule has 9 heteroatoms. The summed E-state index contributed by atoms with van der Waals surface area (Å²) in [4.78, 5) is 59.4. The minimum Gasteiger partial charge on any atom is -0.343 e. The molecule has 2 heterocycles. The third kappa shape index (κ3) is 9.83. The van der Waals surface area contributed by atoms with Crippen molar-refractivity contribution in [3.8, 4) is 0 Å². The highest BCUT2D eigenvalue weighted by Crippen LogP contribution is 2.36. The van der Waals surface area contributed by atoms with E-state index in [2.05, 4.69) is 34.9 Å². The van der Waals surface area contributed by atoms with Crippen molar-refractivity contribution in [2.45, 2.75) is 84.1 Å². The van der Waals surface area contributed by atoms with E-state index in [1.807, 2.05) is 72.2 Å². The Morgan fingerprint density at radius 2 is 1.55 bits per heavy atom. The number of carbonyl (C=O) groups is 4. The van der Waals surface area contributed by atoms with E-state index in [1.54, 1.807) is 0 Å². The van der Waals surface area contributed by atoms with E-state index in [0.717, 1.165) is 41.2 Å². The van der Waals surface area contributed by atoms with E-state index >= 15 is 0 Å². The zero-order chi connectivity index (χ0) is 36.3. The highest BCUT2D eigenvalue weighted by atomic mass is 16.2. The van der Waals surface area contributed by atoms with E-state index in [0.29, 0.717) is 84.2 Å². The molecular formula is C42H57N5O4. The molecule has 0 saturated carbocycles. The number of nitrogens with one attached hydrogen (secondary N) is 2. The molecule has 274 valence electrons. The van der Waals surface area contributed by atoms with E-state index in [9.17, 15) is 19.2 Å². The maximum atomic E-state index is 14.7. The first-order valence-corrected chi connectivity index (χ1v) is 19.0. The van der Waals surface area contributed by atoms with Crippen LogP contribution in [0, 0.1) is 10.8 Å². The number of likely N-dealkylation sites (N-methyl/N-ethyl adjacent to an activating group) is 1. The van der Waals surface area contributed by atoms with Crippen molar-refractivity contribution in [2.75, 3.05) is 45.8 Å². The SMILES string of the molecule is CCNCC(=O)[C@]1(Cc2ccccc2)CCCN(C(=O)C(Cc2ccc3ccccc3c2)NC(=O)C2(C)CCN(C(=O)CCCCCN)CC2)C1. The standard InChI is InChI=1S/C42H57N5O4/c1-3-44-30-37(48)42(29-32-13-6-4-7-14-32)20-12-24-47(31-42)39(50)36(28-33-18-19-34-15-9-10-16-35(34)27-33)45-40(51)41(2)21-25-46(26-22-41)38(49)17-8-5-11-23-43/h4,6-7,9-10,13-16,18-19,27,36,44H,3,5,8,11-12,17,20-26,28-31,43H2,1-2H3,(H,45,51)/t36?,42-/m0/s1. The average molecular weight is 696 g/mol. The van der Waals surface area contributed by atoms with Gasteiger partial charge in [-0.05, 0) is 79.9 Å². The van der Waals surface area contributed by atoms with Gasteiger partial charge in [0.25, 0.3) is 0 Å². The van der Waals surface area contributed by atoms with Crippen molar-refractivity contribution in [3.05, 3.63) is 83.9 Å². The fraction of sp³-hybridized carbons (Fsp3) is 0.524. The minimum atomic E-state index is -0.797. The first-order valence-electron chi connectivity index (χ1n) is 19.0. The summed E-state index contributed by atoms with van der Waals surface area (Å²) in [5.74, 6) is -0.0633. The molecule has 2 aliphatic rings. The largest absolute Gasteiger partial charge is 0.343 e. The third-order valence-electron chi connectivity index (χ3n) is 11.1. The van der Waals surface area contributed by atoms with Crippen molar-refractivity contribution < 1.29 is 19.2 Å². The molecule has 3 aromatic carbocycles. The Labute approximate surface area is 303 Å². The number of likely N-dealkylation sites (tertiary alicyclic amines) is 2. The predicted molar refractivity (Wildman–Crippen MR) is 203 cm³/mol. The molecule has 4 N–H and O–H groups in total. The number of hydrogen-bond donors (Lipinski definition) is 3. The molecule has 0 spiro atoms. The van der Waals surface area contributed by atoms with Gasteiger partial charge in [-0.15, -0.1) is 0 Å². The van der Waals surface area contributed by atoms with Crippen LogP contribution in [0.1, 0.15) is 76.3 Å². The molecule has 2 saturated heterocycles. The highest BCUT2D eigenvalue weighted by molar-refractivity contribution is 5.92. The van der Waals surface area contributed by atoms with Crippen LogP contribution in [0.5, 0.6) is 0 Å². The van der Waals surface area contributed by atoms with Crippen LogP contribution in [0.4, 0.5) is 0 Å². The number of nitrogens with zero attached hydrogens (tertiary/aromatic N) is 2. The lowest BCUT2D eigenvalue weighted by molar-refractivity contribution is -0.145. The number of rotatable bonds is 16. The van der Waals surface area contributed by atoms with Gasteiger partial charge in [0.05, 0.1) is 12.0 Å². The molecule has 2 atom stereocenters. The van der Waals surface area contributed by atoms with Crippen molar-refractivity contribution >= 4 is 34.3 Å². The van der Waals surface area contributed by atoms with E-state index < -0.39 is 16.9 Å². The molecule has 2 aliphatic heterocycles. The normalized spacial score (nSPS) is 19.4. The average Bonchev–Trinajstić information content (AvgIpc) is 3.15. The number of fused-ring (bicyclic) bond motifs is 1. The van der Waals surface area contributed by atoms with Crippen LogP contribution in [0.2, 0.25) is 0 Å². The first kappa shape index (κ1) is 38.2. The summed E-state index contributed by atoms with van der Waals surface area (Å²) in [6, 6.07) is 23.6. The Morgan fingerprint density at radius 1 is 0.824 bits per heavy atom. The van der Waals surface area contributed by atoms with Crippen molar-refractivity contribution in [2.24, 2.45) is 16.6 Å². The topological polar surface area (TPSA) is 125 Å². The van der Waals surface area contributed by atoms with Gasteiger partial charge >= 0.3 is 0 Å². The Morgan fingerprint density at radius 3 is 2.27 bits per heavy atom. The zero-order valence-electron chi connectivity index (χ0n) is 30.6. The monoisotopic (exact) mass is 695 g/mol. The van der Waals surface area contributed by atoms with Gasteiger partial charge in [0.15, 0.2) is 5.78 Å². The number of nitrogens with two attached hydrogens (primary N) is 1. The van der Waals surface area contributed by atoms with Gasteiger partial charge in [-0.1, -0.05) is 93.1 Å². The van der Waals surface area contributed by atoms with Gasteiger partial charge in [-0.3, -0.25) is 19.2 Å². The zero-order valence-corrected chi connectivity index (χ0v) is 30.6. The molecule has 2 fully saturated rings. The van der Waals surface area contributed by atoms with Gasteiger partial charge in [-0.2, -0.15) is 0 Å². The Kier molecular flexibility index (Phi) is 13.4. The van der Waals surface area contributed by atoms with Crippen LogP contribution in [0.3, 0.4) is 0 Å². The Hall–Kier alpha value is -4.08. The van der Waals surface area contributed by atoms with Crippen LogP contribution in [-0.2, 0) is 32.0 Å². The maximum absolute atomic E-state index is 14.7. The quantitative estimate of drug-likeness (QED) is 0.180. The summed E-state index contributed by atoms with van der Waals surface area (Å²) in [6.07, 6.45) is 6.57. The molecule has 1 unspecified atom stereocenters. The Bertz CT molecular complexity index is 1640.